The standard InChI is InChI=1S/C11H20N2O3/c1-9(7-11(15)16)12-8-10(14)13-5-3-2-4-6-13/h9,12H,2-8H2,1H3,(H,15,16). The maximum Gasteiger partial charge on any atom is 0.304 e. The molecule has 5 heteroatoms. The predicted octanol–water partition coefficient (Wildman–Crippen LogP) is 0.452. The van der Waals surface area contributed by atoms with Crippen LogP contribution in [0.4, 0.5) is 0 Å². The number of aliphatic carboxylic acids is 1. The summed E-state index contributed by atoms with van der Waals surface area (Å²) in [7, 11) is 0. The quantitative estimate of drug-likeness (QED) is 0.717. The number of hydrogen-bond acceptors (Lipinski definition) is 3. The highest BCUT2D eigenvalue weighted by Gasteiger charge is 2.17. The number of nitrogens with one attached hydrogen (secondary N) is 1. The molecule has 1 unspecified atom stereocenters. The van der Waals surface area contributed by atoms with Crippen molar-refractivity contribution in [3.05, 3.63) is 0 Å². The zero-order valence-corrected chi connectivity index (χ0v) is 9.74. The van der Waals surface area contributed by atoms with Gasteiger partial charge in [0.05, 0.1) is 13.0 Å². The minimum Gasteiger partial charge on any atom is -0.481 e. The monoisotopic (exact) mass is 228 g/mol. The van der Waals surface area contributed by atoms with E-state index < -0.39 is 5.97 Å². The lowest BCUT2D eigenvalue weighted by molar-refractivity contribution is -0.138. The molecule has 0 aromatic rings. The number of carboxylic acids is 1. The summed E-state index contributed by atoms with van der Waals surface area (Å²) in [4.78, 5) is 24.0. The number of amides is 1. The molecule has 0 radical (unpaired) electrons. The van der Waals surface area contributed by atoms with Gasteiger partial charge in [0.15, 0.2) is 0 Å². The molecule has 1 aliphatic heterocycles. The Balaban J connectivity index is 2.20. The highest BCUT2D eigenvalue weighted by Crippen LogP contribution is 2.08. The lowest BCUT2D eigenvalue weighted by atomic mass is 10.1. The highest BCUT2D eigenvalue weighted by atomic mass is 16.4. The summed E-state index contributed by atoms with van der Waals surface area (Å²) in [5.41, 5.74) is 0. The second kappa shape index (κ2) is 6.48. The number of carbonyl (C=O) groups is 2. The summed E-state index contributed by atoms with van der Waals surface area (Å²) in [6.45, 7) is 3.70. The van der Waals surface area contributed by atoms with Gasteiger partial charge in [-0.1, -0.05) is 0 Å². The minimum atomic E-state index is -0.842. The molecule has 1 atom stereocenters. The van der Waals surface area contributed by atoms with Gasteiger partial charge in [0.2, 0.25) is 5.91 Å². The molecule has 2 N–H and O–H groups in total. The summed E-state index contributed by atoms with van der Waals surface area (Å²) in [5.74, 6) is -0.762. The maximum atomic E-state index is 11.7. The van der Waals surface area contributed by atoms with Gasteiger partial charge in [0.25, 0.3) is 0 Å². The van der Waals surface area contributed by atoms with Crippen LogP contribution in [-0.4, -0.2) is 47.6 Å². The van der Waals surface area contributed by atoms with Crippen molar-refractivity contribution in [1.82, 2.24) is 10.2 Å². The first-order valence-electron chi connectivity index (χ1n) is 5.82. The Morgan fingerprint density at radius 1 is 1.31 bits per heavy atom. The van der Waals surface area contributed by atoms with E-state index in [2.05, 4.69) is 5.32 Å². The second-order valence-corrected chi connectivity index (χ2v) is 4.32. The normalized spacial score (nSPS) is 18.2. The molecule has 1 amide bonds. The predicted molar refractivity (Wildman–Crippen MR) is 60.1 cm³/mol. The zero-order chi connectivity index (χ0) is 12.0. The number of nitrogens with zero attached hydrogens (tertiary/aromatic N) is 1. The molecule has 1 saturated heterocycles. The Bertz CT molecular complexity index is 250. The molecule has 1 heterocycles. The molecule has 0 aromatic heterocycles. The zero-order valence-electron chi connectivity index (χ0n) is 9.74. The smallest absolute Gasteiger partial charge is 0.304 e. The van der Waals surface area contributed by atoms with E-state index in [1.165, 1.54) is 6.42 Å². The van der Waals surface area contributed by atoms with E-state index in [0.717, 1.165) is 25.9 Å². The van der Waals surface area contributed by atoms with Crippen LogP contribution in [0.3, 0.4) is 0 Å². The third-order valence-electron chi connectivity index (χ3n) is 2.79. The number of rotatable bonds is 5. The molecule has 1 rings (SSSR count). The fourth-order valence-corrected chi connectivity index (χ4v) is 1.85. The van der Waals surface area contributed by atoms with Gasteiger partial charge in [0, 0.05) is 19.1 Å². The molecule has 92 valence electrons. The fourth-order valence-electron chi connectivity index (χ4n) is 1.85. The summed E-state index contributed by atoms with van der Waals surface area (Å²) in [5, 5.41) is 11.5. The van der Waals surface area contributed by atoms with Gasteiger partial charge < -0.3 is 15.3 Å². The molecule has 0 aromatic carbocycles. The number of piperidine rings is 1. The Labute approximate surface area is 95.8 Å². The number of carboxylic acid groups (broad SMARTS) is 1. The molecule has 0 bridgehead atoms. The fraction of sp³-hybridized carbons (Fsp3) is 0.818. The van der Waals surface area contributed by atoms with Crippen molar-refractivity contribution in [1.29, 1.82) is 0 Å². The van der Waals surface area contributed by atoms with Gasteiger partial charge in [0.1, 0.15) is 0 Å². The minimum absolute atomic E-state index is 0.0489. The first-order chi connectivity index (χ1) is 7.59. The van der Waals surface area contributed by atoms with E-state index in [4.69, 9.17) is 5.11 Å². The van der Waals surface area contributed by atoms with E-state index in [1.807, 2.05) is 4.90 Å². The average molecular weight is 228 g/mol. The molecule has 0 saturated carbocycles. The molecule has 5 nitrogen and oxygen atoms in total. The maximum absolute atomic E-state index is 11.7. The van der Waals surface area contributed by atoms with Crippen LogP contribution < -0.4 is 5.32 Å². The number of likely N-dealkylation sites (tertiary alicyclic amines) is 1. The van der Waals surface area contributed by atoms with Crippen LogP contribution in [0.25, 0.3) is 0 Å². The summed E-state index contributed by atoms with van der Waals surface area (Å²) < 4.78 is 0. The third-order valence-corrected chi connectivity index (χ3v) is 2.79. The van der Waals surface area contributed by atoms with Crippen molar-refractivity contribution in [3.63, 3.8) is 0 Å². The van der Waals surface area contributed by atoms with Crippen LogP contribution in [0.5, 0.6) is 0 Å². The van der Waals surface area contributed by atoms with Crippen LogP contribution in [-0.2, 0) is 9.59 Å². The van der Waals surface area contributed by atoms with Crippen LogP contribution in [0, 0.1) is 0 Å². The Morgan fingerprint density at radius 2 is 1.94 bits per heavy atom. The first-order valence-corrected chi connectivity index (χ1v) is 5.82. The number of carbonyl (C=O) groups excluding carboxylic acids is 1. The van der Waals surface area contributed by atoms with Gasteiger partial charge in [-0.15, -0.1) is 0 Å². The lowest BCUT2D eigenvalue weighted by Crippen LogP contribution is -2.43. The Morgan fingerprint density at radius 3 is 2.50 bits per heavy atom. The topological polar surface area (TPSA) is 69.6 Å². The largest absolute Gasteiger partial charge is 0.481 e. The van der Waals surface area contributed by atoms with Crippen molar-refractivity contribution < 1.29 is 14.7 Å². The van der Waals surface area contributed by atoms with E-state index in [0.29, 0.717) is 0 Å². The third kappa shape index (κ3) is 4.61. The first kappa shape index (κ1) is 13.0. The van der Waals surface area contributed by atoms with Gasteiger partial charge >= 0.3 is 5.97 Å². The summed E-state index contributed by atoms with van der Waals surface area (Å²) in [6, 6.07) is -0.161. The SMILES string of the molecule is CC(CC(=O)O)NCC(=O)N1CCCCC1. The average Bonchev–Trinajstić information content (AvgIpc) is 2.26. The van der Waals surface area contributed by atoms with E-state index in [9.17, 15) is 9.59 Å². The van der Waals surface area contributed by atoms with Crippen molar-refractivity contribution in [2.45, 2.75) is 38.6 Å². The summed E-state index contributed by atoms with van der Waals surface area (Å²) >= 11 is 0. The summed E-state index contributed by atoms with van der Waals surface area (Å²) in [6.07, 6.45) is 3.41. The van der Waals surface area contributed by atoms with Crippen LogP contribution >= 0.6 is 0 Å². The molecule has 1 aliphatic rings. The Hall–Kier alpha value is -1.10. The van der Waals surface area contributed by atoms with Gasteiger partial charge in [-0.2, -0.15) is 0 Å². The molecule has 0 spiro atoms. The molecule has 1 fully saturated rings. The molecular formula is C11H20N2O3. The van der Waals surface area contributed by atoms with Gasteiger partial charge in [-0.3, -0.25) is 9.59 Å². The van der Waals surface area contributed by atoms with Crippen LogP contribution in [0.2, 0.25) is 0 Å². The molecule has 16 heavy (non-hydrogen) atoms. The van der Waals surface area contributed by atoms with E-state index in [1.54, 1.807) is 6.92 Å². The Kier molecular flexibility index (Phi) is 5.25. The molecular weight excluding hydrogens is 208 g/mol. The van der Waals surface area contributed by atoms with Crippen molar-refractivity contribution in [2.24, 2.45) is 0 Å². The second-order valence-electron chi connectivity index (χ2n) is 4.32. The van der Waals surface area contributed by atoms with Crippen molar-refractivity contribution in [2.75, 3.05) is 19.6 Å². The highest BCUT2D eigenvalue weighted by molar-refractivity contribution is 5.78. The van der Waals surface area contributed by atoms with Crippen molar-refractivity contribution >= 4 is 11.9 Å². The molecule has 0 aliphatic carbocycles. The number of hydrogen-bond donors (Lipinski definition) is 2. The van der Waals surface area contributed by atoms with Gasteiger partial charge in [-0.05, 0) is 26.2 Å². The van der Waals surface area contributed by atoms with Gasteiger partial charge in [-0.25, -0.2) is 0 Å². The van der Waals surface area contributed by atoms with Crippen LogP contribution in [0.15, 0.2) is 0 Å². The van der Waals surface area contributed by atoms with Crippen LogP contribution in [0.1, 0.15) is 32.6 Å². The van der Waals surface area contributed by atoms with Crippen molar-refractivity contribution in [3.8, 4) is 0 Å². The lowest BCUT2D eigenvalue weighted by Gasteiger charge is -2.27. The van der Waals surface area contributed by atoms with E-state index in [-0.39, 0.29) is 24.9 Å². The van der Waals surface area contributed by atoms with E-state index >= 15 is 0 Å².